The third-order valence-corrected chi connectivity index (χ3v) is 14.1. The number of rotatable bonds is 27. The van der Waals surface area contributed by atoms with E-state index in [9.17, 15) is 34.4 Å². The third kappa shape index (κ3) is 21.9. The first kappa shape index (κ1) is 54.8. The molecule has 3 rings (SSSR count). The zero-order valence-electron chi connectivity index (χ0n) is 35.9. The van der Waals surface area contributed by atoms with Gasteiger partial charge in [0.2, 0.25) is 9.84 Å². The van der Waals surface area contributed by atoms with Gasteiger partial charge in [-0.2, -0.15) is 0 Å². The molecule has 0 amide bonds. The minimum absolute atomic E-state index is 0.0253. The fraction of sp³-hybridized carbons (Fsp3) is 0.600. The van der Waals surface area contributed by atoms with Crippen molar-refractivity contribution in [1.29, 1.82) is 0 Å². The van der Waals surface area contributed by atoms with E-state index >= 15 is 0 Å². The number of benzene rings is 3. The van der Waals surface area contributed by atoms with Crippen LogP contribution in [0.2, 0.25) is 0 Å². The number of anilines is 1. The van der Waals surface area contributed by atoms with E-state index in [1.165, 1.54) is 133 Å². The van der Waals surface area contributed by atoms with Crippen LogP contribution in [-0.2, 0) is 66.6 Å². The standard InChI is InChI=1S/C27H41NO5S2.C18H30O3S.O.Ti/c1-4-5-6-7-8-9-10-11-12-13-14-22-15-17-26(35(31,32)33)27(19-22)34(29,30)25-18-16-23(28)20-24(25)21(2)3;1-2-3-4-5-6-7-8-9-10-11-12-17-13-15-18(16-14-17)22(19,20)21;;/h15-21H,4-14,28H2,1-3H3,(H,31,32,33);13-16H,2-12H2,1H3,(H,19,20,21);;/q;;;+2/p-2. The molecule has 0 aliphatic carbocycles. The molecule has 0 saturated heterocycles. The van der Waals surface area contributed by atoms with Gasteiger partial charge >= 0.3 is 23.7 Å². The second-order valence-corrected chi connectivity index (χ2v) is 20.3. The van der Waals surface area contributed by atoms with Gasteiger partial charge in [0.25, 0.3) is 0 Å². The summed E-state index contributed by atoms with van der Waals surface area (Å²) in [4.78, 5) is -1.33. The summed E-state index contributed by atoms with van der Waals surface area (Å²) in [6, 6.07) is 14.8. The van der Waals surface area contributed by atoms with Crippen molar-refractivity contribution in [2.45, 2.75) is 194 Å². The fourth-order valence-corrected chi connectivity index (χ4v) is 10.3. The Bertz CT molecular complexity index is 1950. The molecule has 0 unspecified atom stereocenters. The van der Waals surface area contributed by atoms with Crippen LogP contribution in [0.3, 0.4) is 0 Å². The first-order chi connectivity index (χ1) is 28.0. The molecule has 2 N–H and O–H groups in total. The fourth-order valence-electron chi connectivity index (χ4n) is 6.96. The third-order valence-electron chi connectivity index (χ3n) is 10.4. The van der Waals surface area contributed by atoms with Gasteiger partial charge in [-0.1, -0.05) is 161 Å². The number of sulfone groups is 1. The van der Waals surface area contributed by atoms with Gasteiger partial charge in [-0.05, 0) is 90.8 Å². The van der Waals surface area contributed by atoms with E-state index in [1.807, 2.05) is 13.8 Å². The van der Waals surface area contributed by atoms with E-state index in [-0.39, 0.29) is 15.7 Å². The van der Waals surface area contributed by atoms with Crippen LogP contribution in [-0.4, -0.2) is 34.4 Å². The van der Waals surface area contributed by atoms with Gasteiger partial charge in [-0.25, -0.2) is 25.3 Å². The van der Waals surface area contributed by atoms with Gasteiger partial charge < -0.3 is 14.8 Å². The monoisotopic (exact) mass is 911 g/mol. The number of nitrogen functional groups attached to an aromatic ring is 1. The van der Waals surface area contributed by atoms with Gasteiger partial charge in [0.05, 0.1) is 19.6 Å². The predicted octanol–water partition coefficient (Wildman–Crippen LogP) is 11.5. The van der Waals surface area contributed by atoms with Crippen molar-refractivity contribution >= 4 is 35.8 Å². The zero-order valence-corrected chi connectivity index (χ0v) is 39.9. The molecule has 0 radical (unpaired) electrons. The molecule has 330 valence electrons. The van der Waals surface area contributed by atoms with Crippen molar-refractivity contribution in [3.63, 3.8) is 0 Å². The van der Waals surface area contributed by atoms with E-state index in [4.69, 9.17) is 9.06 Å². The first-order valence-electron chi connectivity index (χ1n) is 21.5. The Balaban J connectivity index is 0.000000623. The summed E-state index contributed by atoms with van der Waals surface area (Å²) in [7, 11) is -13.5. The van der Waals surface area contributed by atoms with Crippen LogP contribution in [0.25, 0.3) is 0 Å². The molecule has 0 spiro atoms. The van der Waals surface area contributed by atoms with E-state index in [1.54, 1.807) is 24.3 Å². The maximum atomic E-state index is 13.6. The topological polar surface area (TPSA) is 192 Å². The molecule has 3 aromatic carbocycles. The number of hydrogen-bond donors (Lipinski definition) is 1. The van der Waals surface area contributed by atoms with Crippen molar-refractivity contribution in [1.82, 2.24) is 0 Å². The Labute approximate surface area is 369 Å². The SMILES string of the molecule is CCCCCCCCCCCCc1ccc(S(=O)(=O)[O-])c(S(=O)(=O)c2ccc(N)cc2C(C)C)c1.CCCCCCCCCCCCc1ccc(S(=O)(=O)[O-])cc1.[O]=[Ti+2]. The minimum atomic E-state index is -4.98. The van der Waals surface area contributed by atoms with Crippen molar-refractivity contribution in [3.05, 3.63) is 77.4 Å². The maximum absolute atomic E-state index is 13.6. The van der Waals surface area contributed by atoms with Crippen LogP contribution < -0.4 is 5.73 Å². The molecule has 10 nitrogen and oxygen atoms in total. The van der Waals surface area contributed by atoms with Crippen LogP contribution in [0.15, 0.2) is 80.2 Å². The Morgan fingerprint density at radius 3 is 1.29 bits per heavy atom. The van der Waals surface area contributed by atoms with Crippen molar-refractivity contribution in [2.24, 2.45) is 0 Å². The second kappa shape index (κ2) is 29.9. The molecule has 0 aromatic heterocycles. The molecule has 3 aromatic rings. The average molecular weight is 912 g/mol. The Morgan fingerprint density at radius 1 is 0.492 bits per heavy atom. The van der Waals surface area contributed by atoms with Gasteiger partial charge in [-0.15, -0.1) is 0 Å². The predicted molar refractivity (Wildman–Crippen MR) is 231 cm³/mol. The Kier molecular flexibility index (Phi) is 27.8. The summed E-state index contributed by atoms with van der Waals surface area (Å²) in [5, 5.41) is 0. The van der Waals surface area contributed by atoms with Crippen molar-refractivity contribution in [3.8, 4) is 0 Å². The molecule has 0 bridgehead atoms. The molecule has 0 aliphatic heterocycles. The number of hydrogen-bond acceptors (Lipinski definition) is 10. The molecule has 14 heteroatoms. The van der Waals surface area contributed by atoms with Crippen LogP contribution in [0.5, 0.6) is 0 Å². The van der Waals surface area contributed by atoms with Crippen LogP contribution in [0.4, 0.5) is 5.69 Å². The molecular weight excluding hydrogens is 843 g/mol. The molecular formula is C45H69NO9S3Ti. The second-order valence-electron chi connectivity index (χ2n) is 15.7. The summed E-state index contributed by atoms with van der Waals surface area (Å²) in [6.07, 6.45) is 26.5. The molecule has 0 fully saturated rings. The summed E-state index contributed by atoms with van der Waals surface area (Å²) >= 11 is 0.750. The van der Waals surface area contributed by atoms with Crippen molar-refractivity contribution < 1.29 is 58.1 Å². The number of nitrogens with two attached hydrogens (primary N) is 1. The molecule has 0 atom stereocenters. The number of aryl methyl sites for hydroxylation is 2. The van der Waals surface area contributed by atoms with Gasteiger partial charge in [0.15, 0.2) is 0 Å². The number of unbranched alkanes of at least 4 members (excludes halogenated alkanes) is 18. The van der Waals surface area contributed by atoms with Gasteiger partial charge in [0, 0.05) is 5.69 Å². The molecule has 0 saturated carbocycles. The molecule has 0 heterocycles. The zero-order chi connectivity index (χ0) is 44.3. The summed E-state index contributed by atoms with van der Waals surface area (Å²) in [5.41, 5.74) is 8.57. The Hall–Kier alpha value is -2.26. The molecule has 59 heavy (non-hydrogen) atoms. The van der Waals surface area contributed by atoms with Crippen LogP contribution >= 0.6 is 0 Å². The van der Waals surface area contributed by atoms with E-state index < -0.39 is 39.9 Å². The first-order valence-corrected chi connectivity index (χ1v) is 26.4. The summed E-state index contributed by atoms with van der Waals surface area (Å²) in [5.74, 6) is -0.162. The van der Waals surface area contributed by atoms with Gasteiger partial charge in [-0.3, -0.25) is 0 Å². The van der Waals surface area contributed by atoms with E-state index in [2.05, 4.69) is 13.8 Å². The van der Waals surface area contributed by atoms with Gasteiger partial charge in [0.1, 0.15) is 20.2 Å². The van der Waals surface area contributed by atoms with Crippen LogP contribution in [0.1, 0.15) is 179 Å². The van der Waals surface area contributed by atoms with Crippen molar-refractivity contribution in [2.75, 3.05) is 5.73 Å². The summed E-state index contributed by atoms with van der Waals surface area (Å²) < 4.78 is 104. The van der Waals surface area contributed by atoms with E-state index in [0.717, 1.165) is 64.1 Å². The van der Waals surface area contributed by atoms with Crippen LogP contribution in [0, 0.1) is 0 Å². The van der Waals surface area contributed by atoms with E-state index in [0.29, 0.717) is 23.2 Å². The molecule has 0 aliphatic rings. The summed E-state index contributed by atoms with van der Waals surface area (Å²) in [6.45, 7) is 8.13. The average Bonchev–Trinajstić information content (AvgIpc) is 3.19. The Morgan fingerprint density at radius 2 is 0.881 bits per heavy atom. The quantitative estimate of drug-likeness (QED) is 0.0333. The normalized spacial score (nSPS) is 11.8.